The molecule has 8 heteroatoms. The predicted molar refractivity (Wildman–Crippen MR) is 94.8 cm³/mol. The highest BCUT2D eigenvalue weighted by Gasteiger charge is 2.34. The molecule has 0 aliphatic heterocycles. The van der Waals surface area contributed by atoms with Gasteiger partial charge in [-0.2, -0.15) is 0 Å². The summed E-state index contributed by atoms with van der Waals surface area (Å²) in [5.74, 6) is -3.07. The van der Waals surface area contributed by atoms with Gasteiger partial charge >= 0.3 is 12.1 Å². The average molecular weight is 370 g/mol. The Kier molecular flexibility index (Phi) is 5.09. The molecule has 1 aliphatic rings. The second-order valence-corrected chi connectivity index (χ2v) is 6.13. The lowest BCUT2D eigenvalue weighted by atomic mass is 9.98. The molecule has 0 radical (unpaired) electrons. The van der Waals surface area contributed by atoms with Crippen molar-refractivity contribution in [2.45, 2.75) is 18.1 Å². The van der Waals surface area contributed by atoms with E-state index in [9.17, 15) is 19.5 Å². The Bertz CT molecular complexity index is 852. The van der Waals surface area contributed by atoms with E-state index in [0.29, 0.717) is 0 Å². The number of hydrogen-bond donors (Lipinski definition) is 4. The number of alkyl carbamates (subject to hydrolysis) is 1. The molecule has 1 aliphatic carbocycles. The van der Waals surface area contributed by atoms with E-state index in [4.69, 9.17) is 15.6 Å². The van der Waals surface area contributed by atoms with Crippen molar-refractivity contribution in [3.05, 3.63) is 59.7 Å². The molecule has 0 aromatic heterocycles. The first kappa shape index (κ1) is 18.4. The number of carbonyl (C=O) groups excluding carboxylic acids is 2. The van der Waals surface area contributed by atoms with E-state index in [1.54, 1.807) is 0 Å². The number of amides is 2. The third-order valence-corrected chi connectivity index (χ3v) is 4.49. The van der Waals surface area contributed by atoms with Crippen molar-refractivity contribution in [1.29, 1.82) is 0 Å². The van der Waals surface area contributed by atoms with Crippen molar-refractivity contribution in [2.24, 2.45) is 5.73 Å². The molecule has 0 saturated carbocycles. The fourth-order valence-corrected chi connectivity index (χ4v) is 3.21. The van der Waals surface area contributed by atoms with E-state index in [0.717, 1.165) is 22.3 Å². The van der Waals surface area contributed by atoms with E-state index in [1.165, 1.54) is 0 Å². The first-order chi connectivity index (χ1) is 12.9. The van der Waals surface area contributed by atoms with Gasteiger partial charge in [0.15, 0.2) is 12.1 Å². The minimum atomic E-state index is -2.07. The Hall–Kier alpha value is -3.39. The van der Waals surface area contributed by atoms with E-state index in [2.05, 4.69) is 0 Å². The van der Waals surface area contributed by atoms with Crippen molar-refractivity contribution in [1.82, 2.24) is 5.32 Å². The maximum Gasteiger partial charge on any atom is 0.407 e. The molecule has 0 heterocycles. The number of aliphatic carboxylic acids is 1. The summed E-state index contributed by atoms with van der Waals surface area (Å²) >= 11 is 0. The number of nitrogens with two attached hydrogens (primary N) is 1. The van der Waals surface area contributed by atoms with Crippen LogP contribution in [0.4, 0.5) is 4.79 Å². The summed E-state index contributed by atoms with van der Waals surface area (Å²) in [4.78, 5) is 34.1. The number of carboxylic acid groups (broad SMARTS) is 1. The second kappa shape index (κ2) is 7.46. The molecule has 2 amide bonds. The fourth-order valence-electron chi connectivity index (χ4n) is 3.21. The summed E-state index contributed by atoms with van der Waals surface area (Å²) < 4.78 is 5.17. The van der Waals surface area contributed by atoms with Gasteiger partial charge in [0, 0.05) is 5.92 Å². The first-order valence-electron chi connectivity index (χ1n) is 8.22. The molecule has 5 N–H and O–H groups in total. The van der Waals surface area contributed by atoms with Gasteiger partial charge in [0.2, 0.25) is 5.91 Å². The topological polar surface area (TPSA) is 139 Å². The number of hydrogen-bond acceptors (Lipinski definition) is 5. The van der Waals surface area contributed by atoms with Gasteiger partial charge in [-0.25, -0.2) is 9.59 Å². The van der Waals surface area contributed by atoms with E-state index in [1.807, 2.05) is 53.8 Å². The van der Waals surface area contributed by atoms with Gasteiger partial charge in [-0.15, -0.1) is 0 Å². The van der Waals surface area contributed by atoms with Crippen LogP contribution in [-0.2, 0) is 14.3 Å². The molecule has 2 aromatic carbocycles. The molecule has 2 atom stereocenters. The lowest BCUT2D eigenvalue weighted by Crippen LogP contribution is -2.53. The number of carbonyl (C=O) groups is 3. The standard InChI is InChI=1S/C19H18N2O6/c20-17(23)16(22)15(18(24)25)21-19(26)27-9-14-12-7-3-1-5-10(12)11-6-2-4-8-13(11)14/h1-8,14-16,22H,9H2,(H2,20,23)(H,21,26)(H,24,25)/t15-,16?/m0/s1. The summed E-state index contributed by atoms with van der Waals surface area (Å²) in [5.41, 5.74) is 8.98. The molecule has 140 valence electrons. The van der Waals surface area contributed by atoms with Crippen LogP contribution in [0.3, 0.4) is 0 Å². The molecule has 1 unspecified atom stereocenters. The van der Waals surface area contributed by atoms with Crippen molar-refractivity contribution < 1.29 is 29.3 Å². The summed E-state index contributed by atoms with van der Waals surface area (Å²) in [6, 6.07) is 13.6. The van der Waals surface area contributed by atoms with Crippen molar-refractivity contribution in [3.8, 4) is 11.1 Å². The van der Waals surface area contributed by atoms with Crippen LogP contribution in [0.1, 0.15) is 17.0 Å². The lowest BCUT2D eigenvalue weighted by molar-refractivity contribution is -0.146. The normalized spacial score (nSPS) is 14.6. The third kappa shape index (κ3) is 3.61. The Morgan fingerprint density at radius 1 is 1.04 bits per heavy atom. The SMILES string of the molecule is NC(=O)C(O)[C@H](NC(=O)OCC1c2ccccc2-c2ccccc21)C(=O)O. The minimum Gasteiger partial charge on any atom is -0.480 e. The Balaban J connectivity index is 1.72. The zero-order chi connectivity index (χ0) is 19.6. The Morgan fingerprint density at radius 2 is 1.56 bits per heavy atom. The van der Waals surface area contributed by atoms with Crippen LogP contribution in [0.2, 0.25) is 0 Å². The van der Waals surface area contributed by atoms with Crippen molar-refractivity contribution >= 4 is 18.0 Å². The number of fused-ring (bicyclic) bond motifs is 3. The smallest absolute Gasteiger partial charge is 0.407 e. The molecule has 2 aromatic rings. The number of ether oxygens (including phenoxy) is 1. The first-order valence-corrected chi connectivity index (χ1v) is 8.22. The lowest BCUT2D eigenvalue weighted by Gasteiger charge is -2.19. The molecular weight excluding hydrogens is 352 g/mol. The second-order valence-electron chi connectivity index (χ2n) is 6.13. The summed E-state index contributed by atoms with van der Waals surface area (Å²) in [6.07, 6.45) is -3.13. The van der Waals surface area contributed by atoms with Crippen LogP contribution in [0, 0.1) is 0 Å². The van der Waals surface area contributed by atoms with E-state index < -0.39 is 30.1 Å². The zero-order valence-electron chi connectivity index (χ0n) is 14.2. The van der Waals surface area contributed by atoms with E-state index in [-0.39, 0.29) is 12.5 Å². The highest BCUT2D eigenvalue weighted by atomic mass is 16.5. The van der Waals surface area contributed by atoms with Crippen molar-refractivity contribution in [3.63, 3.8) is 0 Å². The largest absolute Gasteiger partial charge is 0.480 e. The Morgan fingerprint density at radius 3 is 2.04 bits per heavy atom. The zero-order valence-corrected chi connectivity index (χ0v) is 14.2. The van der Waals surface area contributed by atoms with Gasteiger partial charge in [-0.3, -0.25) is 4.79 Å². The fraction of sp³-hybridized carbons (Fsp3) is 0.211. The summed E-state index contributed by atoms with van der Waals surface area (Å²) in [7, 11) is 0. The molecule has 0 saturated heterocycles. The molecule has 0 fully saturated rings. The van der Waals surface area contributed by atoms with Gasteiger partial charge in [0.05, 0.1) is 0 Å². The molecule has 8 nitrogen and oxygen atoms in total. The van der Waals surface area contributed by atoms with E-state index >= 15 is 0 Å². The number of aliphatic hydroxyl groups excluding tert-OH is 1. The van der Waals surface area contributed by atoms with Gasteiger partial charge in [-0.05, 0) is 22.3 Å². The average Bonchev–Trinajstić information content (AvgIpc) is 2.97. The number of carboxylic acids is 1. The van der Waals surface area contributed by atoms with Crippen LogP contribution in [0.25, 0.3) is 11.1 Å². The monoisotopic (exact) mass is 370 g/mol. The van der Waals surface area contributed by atoms with Gasteiger partial charge in [-0.1, -0.05) is 48.5 Å². The number of benzene rings is 2. The third-order valence-electron chi connectivity index (χ3n) is 4.49. The van der Waals surface area contributed by atoms with Crippen LogP contribution in [-0.4, -0.2) is 46.9 Å². The Labute approximate surface area is 154 Å². The summed E-state index contributed by atoms with van der Waals surface area (Å²) in [6.45, 7) is -0.0289. The maximum atomic E-state index is 12.0. The highest BCUT2D eigenvalue weighted by Crippen LogP contribution is 2.44. The number of nitrogens with one attached hydrogen (secondary N) is 1. The van der Waals surface area contributed by atoms with Gasteiger partial charge in [0.25, 0.3) is 0 Å². The number of aliphatic hydroxyl groups is 1. The van der Waals surface area contributed by atoms with Crippen LogP contribution in [0.5, 0.6) is 0 Å². The van der Waals surface area contributed by atoms with Crippen LogP contribution < -0.4 is 11.1 Å². The highest BCUT2D eigenvalue weighted by molar-refractivity contribution is 5.89. The summed E-state index contributed by atoms with van der Waals surface area (Å²) in [5, 5.41) is 20.5. The van der Waals surface area contributed by atoms with Crippen molar-refractivity contribution in [2.75, 3.05) is 6.61 Å². The van der Waals surface area contributed by atoms with Gasteiger partial charge in [0.1, 0.15) is 6.61 Å². The molecular formula is C19H18N2O6. The minimum absolute atomic E-state index is 0.0289. The molecule has 0 bridgehead atoms. The van der Waals surface area contributed by atoms with Crippen LogP contribution >= 0.6 is 0 Å². The quantitative estimate of drug-likeness (QED) is 0.594. The molecule has 27 heavy (non-hydrogen) atoms. The maximum absolute atomic E-state index is 12.0. The van der Waals surface area contributed by atoms with Crippen LogP contribution in [0.15, 0.2) is 48.5 Å². The number of primary amides is 1. The van der Waals surface area contributed by atoms with Gasteiger partial charge < -0.3 is 26.0 Å². The number of rotatable bonds is 6. The molecule has 3 rings (SSSR count). The molecule has 0 spiro atoms. The predicted octanol–water partition coefficient (Wildman–Crippen LogP) is 0.825.